The number of hydrogen-bond donors (Lipinski definition) is 1. The van der Waals surface area contributed by atoms with Gasteiger partial charge in [0.2, 0.25) is 10.0 Å². The number of morpholine rings is 1. The molecule has 0 atom stereocenters. The molecule has 3 rings (SSSR count). The minimum Gasteiger partial charge on any atom is -0.379 e. The van der Waals surface area contributed by atoms with E-state index < -0.39 is 15.9 Å². The normalized spacial score (nSPS) is 15.8. The first-order valence-electron chi connectivity index (χ1n) is 7.61. The number of ether oxygens (including phenoxy) is 1. The maximum absolute atomic E-state index is 12.7. The van der Waals surface area contributed by atoms with E-state index >= 15 is 0 Å². The Morgan fingerprint density at radius 2 is 2.08 bits per heavy atom. The lowest BCUT2D eigenvalue weighted by atomic mass is 10.2. The minimum absolute atomic E-state index is 0.00883. The smallest absolute Gasteiger partial charge is 0.259 e. The van der Waals surface area contributed by atoms with Crippen LogP contribution in [0.3, 0.4) is 0 Å². The predicted molar refractivity (Wildman–Crippen MR) is 101 cm³/mol. The lowest BCUT2D eigenvalue weighted by Gasteiger charge is -2.26. The summed E-state index contributed by atoms with van der Waals surface area (Å²) in [5, 5.41) is 4.85. The van der Waals surface area contributed by atoms with E-state index in [-0.39, 0.29) is 34.5 Å². The van der Waals surface area contributed by atoms with Gasteiger partial charge >= 0.3 is 0 Å². The molecular formula is C15H15Cl2N3O4S2. The van der Waals surface area contributed by atoms with E-state index in [1.165, 1.54) is 33.8 Å². The highest BCUT2D eigenvalue weighted by Gasteiger charge is 2.27. The van der Waals surface area contributed by atoms with E-state index in [9.17, 15) is 13.2 Å². The Bertz CT molecular complexity index is 911. The van der Waals surface area contributed by atoms with Crippen LogP contribution >= 0.6 is 34.5 Å². The fourth-order valence-electron chi connectivity index (χ4n) is 2.37. The fourth-order valence-corrected chi connectivity index (χ4v) is 4.94. The van der Waals surface area contributed by atoms with Crippen molar-refractivity contribution in [1.29, 1.82) is 0 Å². The van der Waals surface area contributed by atoms with Gasteiger partial charge in [-0.2, -0.15) is 4.31 Å². The van der Waals surface area contributed by atoms with Gasteiger partial charge in [0.05, 0.1) is 40.3 Å². The number of nitrogens with zero attached hydrogens (tertiary/aromatic N) is 2. The zero-order valence-electron chi connectivity index (χ0n) is 13.4. The molecule has 140 valence electrons. The summed E-state index contributed by atoms with van der Waals surface area (Å²) in [6.07, 6.45) is 0. The number of hydrogen-bond acceptors (Lipinski definition) is 6. The highest BCUT2D eigenvalue weighted by Crippen LogP contribution is 2.25. The Hall–Kier alpha value is -1.23. The molecule has 2 heterocycles. The van der Waals surface area contributed by atoms with E-state index in [1.807, 2.05) is 0 Å². The highest BCUT2D eigenvalue weighted by molar-refractivity contribution is 7.89. The van der Waals surface area contributed by atoms with Crippen molar-refractivity contribution in [2.45, 2.75) is 10.8 Å². The van der Waals surface area contributed by atoms with Crippen molar-refractivity contribution in [1.82, 2.24) is 9.29 Å². The molecule has 1 aromatic heterocycles. The number of carbonyl (C=O) groups is 1. The van der Waals surface area contributed by atoms with Gasteiger partial charge in [-0.25, -0.2) is 13.4 Å². The van der Waals surface area contributed by atoms with Crippen molar-refractivity contribution in [2.75, 3.05) is 31.6 Å². The lowest BCUT2D eigenvalue weighted by molar-refractivity contribution is 0.0730. The van der Waals surface area contributed by atoms with Gasteiger partial charge in [0.15, 0.2) is 5.13 Å². The number of halogens is 2. The van der Waals surface area contributed by atoms with Crippen molar-refractivity contribution in [3.8, 4) is 0 Å². The molecule has 1 amide bonds. The van der Waals surface area contributed by atoms with Crippen LogP contribution in [-0.4, -0.2) is 49.9 Å². The molecule has 1 saturated heterocycles. The summed E-state index contributed by atoms with van der Waals surface area (Å²) in [7, 11) is -3.72. The van der Waals surface area contributed by atoms with Gasteiger partial charge in [0, 0.05) is 18.5 Å². The Labute approximate surface area is 164 Å². The summed E-state index contributed by atoms with van der Waals surface area (Å²) in [4.78, 5) is 16.6. The minimum atomic E-state index is -3.72. The maximum Gasteiger partial charge on any atom is 0.259 e. The standard InChI is InChI=1S/C15H15Cl2N3O4S2/c16-8-10-9-25-15(18-10)19-14(21)12-7-11(1-2-13(12)17)26(22,23)20-3-5-24-6-4-20/h1-2,7,9H,3-6,8H2,(H,18,19,21). The number of alkyl halides is 1. The molecule has 0 aliphatic carbocycles. The Morgan fingerprint density at radius 3 is 2.73 bits per heavy atom. The van der Waals surface area contributed by atoms with Crippen molar-refractivity contribution < 1.29 is 17.9 Å². The molecule has 11 heteroatoms. The Balaban J connectivity index is 1.86. The van der Waals surface area contributed by atoms with Crippen LogP contribution in [0.15, 0.2) is 28.5 Å². The first kappa shape index (κ1) is 19.5. The van der Waals surface area contributed by atoms with Crippen molar-refractivity contribution in [2.24, 2.45) is 0 Å². The van der Waals surface area contributed by atoms with Gasteiger partial charge in [-0.15, -0.1) is 22.9 Å². The summed E-state index contributed by atoms with van der Waals surface area (Å²) < 4.78 is 32.0. The SMILES string of the molecule is O=C(Nc1nc(CCl)cs1)c1cc(S(=O)(=O)N2CCOCC2)ccc1Cl. The second kappa shape index (κ2) is 8.20. The van der Waals surface area contributed by atoms with Crippen LogP contribution < -0.4 is 5.32 Å². The van der Waals surface area contributed by atoms with Gasteiger partial charge in [-0.3, -0.25) is 10.1 Å². The summed E-state index contributed by atoms with van der Waals surface area (Å²) in [5.41, 5.74) is 0.699. The molecule has 0 unspecified atom stereocenters. The van der Waals surface area contributed by atoms with Crippen LogP contribution in [0.1, 0.15) is 16.1 Å². The van der Waals surface area contributed by atoms with Crippen LogP contribution in [0.25, 0.3) is 0 Å². The zero-order valence-corrected chi connectivity index (χ0v) is 16.6. The second-order valence-electron chi connectivity index (χ2n) is 5.39. The van der Waals surface area contributed by atoms with Crippen LogP contribution in [0.2, 0.25) is 5.02 Å². The van der Waals surface area contributed by atoms with E-state index in [4.69, 9.17) is 27.9 Å². The molecule has 1 N–H and O–H groups in total. The average Bonchev–Trinajstić information content (AvgIpc) is 3.10. The number of benzene rings is 1. The molecular weight excluding hydrogens is 421 g/mol. The fraction of sp³-hybridized carbons (Fsp3) is 0.333. The number of anilines is 1. The van der Waals surface area contributed by atoms with E-state index in [0.717, 1.165) is 0 Å². The summed E-state index contributed by atoms with van der Waals surface area (Å²) >= 11 is 13.0. The maximum atomic E-state index is 12.7. The van der Waals surface area contributed by atoms with Gasteiger partial charge in [-0.05, 0) is 18.2 Å². The van der Waals surface area contributed by atoms with Gasteiger partial charge < -0.3 is 4.74 Å². The summed E-state index contributed by atoms with van der Waals surface area (Å²) in [6.45, 7) is 1.22. The number of aromatic nitrogens is 1. The van der Waals surface area contributed by atoms with Crippen LogP contribution in [-0.2, 0) is 20.6 Å². The average molecular weight is 436 g/mol. The number of thiazole rings is 1. The number of amides is 1. The third-order valence-corrected chi connectivity index (χ3v) is 7.00. The molecule has 7 nitrogen and oxygen atoms in total. The van der Waals surface area contributed by atoms with Gasteiger partial charge in [-0.1, -0.05) is 11.6 Å². The first-order chi connectivity index (χ1) is 12.4. The topological polar surface area (TPSA) is 88.6 Å². The van der Waals surface area contributed by atoms with Crippen LogP contribution in [0.5, 0.6) is 0 Å². The molecule has 0 bridgehead atoms. The quantitative estimate of drug-likeness (QED) is 0.729. The molecule has 0 saturated carbocycles. The third-order valence-electron chi connectivity index (χ3n) is 3.70. The number of nitrogens with one attached hydrogen (secondary N) is 1. The Kier molecular flexibility index (Phi) is 6.16. The molecule has 26 heavy (non-hydrogen) atoms. The van der Waals surface area contributed by atoms with E-state index in [0.29, 0.717) is 24.0 Å². The zero-order chi connectivity index (χ0) is 18.7. The van der Waals surface area contributed by atoms with E-state index in [2.05, 4.69) is 10.3 Å². The largest absolute Gasteiger partial charge is 0.379 e. The van der Waals surface area contributed by atoms with Gasteiger partial charge in [0.25, 0.3) is 5.91 Å². The van der Waals surface area contributed by atoms with Crippen LogP contribution in [0, 0.1) is 0 Å². The molecule has 1 aliphatic rings. The van der Waals surface area contributed by atoms with Crippen molar-refractivity contribution in [3.05, 3.63) is 39.9 Å². The number of rotatable bonds is 5. The predicted octanol–water partition coefficient (Wildman–Crippen LogP) is 2.81. The molecule has 0 radical (unpaired) electrons. The second-order valence-corrected chi connectivity index (χ2v) is 8.86. The molecule has 0 spiro atoms. The highest BCUT2D eigenvalue weighted by atomic mass is 35.5. The summed E-state index contributed by atoms with van der Waals surface area (Å²) in [5.74, 6) is -0.301. The molecule has 1 fully saturated rings. The van der Waals surface area contributed by atoms with Crippen molar-refractivity contribution >= 4 is 55.6 Å². The summed E-state index contributed by atoms with van der Waals surface area (Å²) in [6, 6.07) is 4.06. The Morgan fingerprint density at radius 1 is 1.35 bits per heavy atom. The first-order valence-corrected chi connectivity index (χ1v) is 10.8. The number of sulfonamides is 1. The third kappa shape index (κ3) is 4.19. The monoisotopic (exact) mass is 435 g/mol. The lowest BCUT2D eigenvalue weighted by Crippen LogP contribution is -2.40. The molecule has 1 aliphatic heterocycles. The molecule has 1 aromatic carbocycles. The molecule has 2 aromatic rings. The van der Waals surface area contributed by atoms with Crippen LogP contribution in [0.4, 0.5) is 5.13 Å². The van der Waals surface area contributed by atoms with Crippen molar-refractivity contribution in [3.63, 3.8) is 0 Å². The number of carbonyl (C=O) groups excluding carboxylic acids is 1. The van der Waals surface area contributed by atoms with Gasteiger partial charge in [0.1, 0.15) is 0 Å². The van der Waals surface area contributed by atoms with E-state index in [1.54, 1.807) is 5.38 Å².